The highest BCUT2D eigenvalue weighted by atomic mass is 32.1. The van der Waals surface area contributed by atoms with E-state index in [1.165, 1.54) is 17.7 Å². The van der Waals surface area contributed by atoms with Crippen molar-refractivity contribution in [3.05, 3.63) is 46.5 Å². The Kier molecular flexibility index (Phi) is 3.69. The minimum Gasteiger partial charge on any atom is -0.507 e. The first-order valence-corrected chi connectivity index (χ1v) is 6.04. The highest BCUT2D eigenvalue weighted by Crippen LogP contribution is 2.12. The second-order valence-electron chi connectivity index (χ2n) is 3.57. The largest absolute Gasteiger partial charge is 0.507 e. The number of hydrogen-bond acceptors (Lipinski definition) is 5. The molecule has 0 aliphatic carbocycles. The van der Waals surface area contributed by atoms with Gasteiger partial charge >= 0.3 is 0 Å². The molecule has 0 spiro atoms. The fraction of sp³-hybridized carbons (Fsp3) is 0.0833. The van der Waals surface area contributed by atoms with Crippen molar-refractivity contribution in [2.45, 2.75) is 6.92 Å². The Hall–Kier alpha value is -2.21. The van der Waals surface area contributed by atoms with Gasteiger partial charge in [0.05, 0.1) is 17.5 Å². The van der Waals surface area contributed by atoms with Gasteiger partial charge in [0.15, 0.2) is 0 Å². The molecule has 0 saturated carbocycles. The number of hydrazone groups is 1. The number of hydrogen-bond donors (Lipinski definition) is 2. The lowest BCUT2D eigenvalue weighted by Crippen LogP contribution is -2.17. The monoisotopic (exact) mass is 261 g/mol. The third kappa shape index (κ3) is 2.72. The second kappa shape index (κ2) is 5.42. The molecule has 0 unspecified atom stereocenters. The molecule has 1 amide bonds. The molecule has 0 aliphatic rings. The summed E-state index contributed by atoms with van der Waals surface area (Å²) in [6, 6.07) is 6.74. The Morgan fingerprint density at radius 1 is 1.50 bits per heavy atom. The maximum absolute atomic E-state index is 11.7. The number of aromatic nitrogens is 1. The summed E-state index contributed by atoms with van der Waals surface area (Å²) >= 11 is 1.22. The molecule has 5 nitrogen and oxygen atoms in total. The van der Waals surface area contributed by atoms with Crippen molar-refractivity contribution in [1.29, 1.82) is 0 Å². The maximum atomic E-state index is 11.7. The summed E-state index contributed by atoms with van der Waals surface area (Å²) < 4.78 is 4.01. The molecule has 6 heteroatoms. The molecule has 1 aromatic carbocycles. The van der Waals surface area contributed by atoms with E-state index in [0.717, 1.165) is 0 Å². The van der Waals surface area contributed by atoms with Gasteiger partial charge in [-0.1, -0.05) is 12.1 Å². The summed E-state index contributed by atoms with van der Waals surface area (Å²) in [4.78, 5) is 11.7. The normalized spacial score (nSPS) is 10.7. The summed E-state index contributed by atoms with van der Waals surface area (Å²) in [5.41, 5.74) is 4.11. The lowest BCUT2D eigenvalue weighted by atomic mass is 10.2. The lowest BCUT2D eigenvalue weighted by Gasteiger charge is -1.98. The zero-order valence-electron chi connectivity index (χ0n) is 9.62. The van der Waals surface area contributed by atoms with Crippen LogP contribution in [-0.2, 0) is 0 Å². The molecule has 0 atom stereocenters. The van der Waals surface area contributed by atoms with Gasteiger partial charge < -0.3 is 5.11 Å². The maximum Gasteiger partial charge on any atom is 0.274 e. The summed E-state index contributed by atoms with van der Waals surface area (Å²) in [6.07, 6.45) is 1.39. The third-order valence-electron chi connectivity index (χ3n) is 2.30. The van der Waals surface area contributed by atoms with Crippen LogP contribution in [0.3, 0.4) is 0 Å². The Morgan fingerprint density at radius 2 is 2.28 bits per heavy atom. The Morgan fingerprint density at radius 3 is 2.94 bits per heavy atom. The number of benzene rings is 1. The number of aromatic hydroxyl groups is 1. The van der Waals surface area contributed by atoms with Crippen LogP contribution in [0.2, 0.25) is 0 Å². The van der Waals surface area contributed by atoms with Gasteiger partial charge in [0.1, 0.15) is 5.75 Å². The van der Waals surface area contributed by atoms with Gasteiger partial charge in [0.2, 0.25) is 0 Å². The van der Waals surface area contributed by atoms with Crippen LogP contribution in [0.1, 0.15) is 21.6 Å². The van der Waals surface area contributed by atoms with Gasteiger partial charge in [-0.25, -0.2) is 5.43 Å². The van der Waals surface area contributed by atoms with Crippen LogP contribution in [0.25, 0.3) is 0 Å². The van der Waals surface area contributed by atoms with Gasteiger partial charge in [0.25, 0.3) is 5.91 Å². The first-order chi connectivity index (χ1) is 8.68. The smallest absolute Gasteiger partial charge is 0.274 e. The van der Waals surface area contributed by atoms with Crippen molar-refractivity contribution in [2.75, 3.05) is 0 Å². The quantitative estimate of drug-likeness (QED) is 0.654. The van der Waals surface area contributed by atoms with E-state index in [9.17, 15) is 9.90 Å². The molecule has 2 aromatic rings. The molecule has 18 heavy (non-hydrogen) atoms. The van der Waals surface area contributed by atoms with Gasteiger partial charge in [0, 0.05) is 10.9 Å². The van der Waals surface area contributed by atoms with E-state index in [1.54, 1.807) is 36.6 Å². The topological polar surface area (TPSA) is 74.6 Å². The molecule has 0 saturated heterocycles. The van der Waals surface area contributed by atoms with Crippen LogP contribution in [0.4, 0.5) is 0 Å². The number of aryl methyl sites for hydroxylation is 1. The van der Waals surface area contributed by atoms with Crippen LogP contribution in [0.5, 0.6) is 5.75 Å². The van der Waals surface area contributed by atoms with Crippen LogP contribution in [0.15, 0.2) is 34.7 Å². The zero-order chi connectivity index (χ0) is 13.0. The second-order valence-corrected chi connectivity index (χ2v) is 4.20. The predicted molar refractivity (Wildman–Crippen MR) is 70.0 cm³/mol. The first-order valence-electron chi connectivity index (χ1n) is 5.21. The number of amides is 1. The Balaban J connectivity index is 2.03. The molecule has 0 aliphatic heterocycles. The Bertz CT molecular complexity index is 593. The van der Waals surface area contributed by atoms with E-state index in [0.29, 0.717) is 16.8 Å². The molecule has 0 fully saturated rings. The number of para-hydroxylation sites is 1. The van der Waals surface area contributed by atoms with Crippen molar-refractivity contribution >= 4 is 23.7 Å². The van der Waals surface area contributed by atoms with Crippen LogP contribution < -0.4 is 5.43 Å². The number of nitrogens with one attached hydrogen (secondary N) is 1. The highest BCUT2D eigenvalue weighted by Gasteiger charge is 2.09. The molecule has 2 rings (SSSR count). The first kappa shape index (κ1) is 12.3. The highest BCUT2D eigenvalue weighted by molar-refractivity contribution is 7.03. The summed E-state index contributed by atoms with van der Waals surface area (Å²) in [5.74, 6) is -0.197. The van der Waals surface area contributed by atoms with Crippen molar-refractivity contribution in [3.63, 3.8) is 0 Å². The van der Waals surface area contributed by atoms with Gasteiger partial charge in [-0.05, 0) is 30.6 Å². The van der Waals surface area contributed by atoms with Gasteiger partial charge in [-0.2, -0.15) is 9.47 Å². The number of nitrogens with zero attached hydrogens (tertiary/aromatic N) is 2. The number of carbonyl (C=O) groups is 1. The molecule has 0 radical (unpaired) electrons. The van der Waals surface area contributed by atoms with Crippen molar-refractivity contribution in [3.8, 4) is 5.75 Å². The molecule has 2 N–H and O–H groups in total. The van der Waals surface area contributed by atoms with Gasteiger partial charge in [-0.15, -0.1) is 0 Å². The van der Waals surface area contributed by atoms with Crippen LogP contribution >= 0.6 is 11.5 Å². The molecule has 0 bridgehead atoms. The lowest BCUT2D eigenvalue weighted by molar-refractivity contribution is 0.0954. The molecule has 92 valence electrons. The van der Waals surface area contributed by atoms with E-state index >= 15 is 0 Å². The van der Waals surface area contributed by atoms with Crippen molar-refractivity contribution < 1.29 is 9.90 Å². The number of phenols is 1. The SMILES string of the molecule is Cc1nscc1C(=O)N/N=C/c1ccccc1O. The predicted octanol–water partition coefficient (Wildman–Crippen LogP) is 1.92. The van der Waals surface area contributed by atoms with Crippen LogP contribution in [0, 0.1) is 6.92 Å². The van der Waals surface area contributed by atoms with E-state index in [2.05, 4.69) is 14.9 Å². The fourth-order valence-electron chi connectivity index (χ4n) is 1.33. The summed E-state index contributed by atoms with van der Waals surface area (Å²) in [6.45, 7) is 1.76. The van der Waals surface area contributed by atoms with E-state index in [1.807, 2.05) is 0 Å². The number of carbonyl (C=O) groups excluding carboxylic acids is 1. The average molecular weight is 261 g/mol. The van der Waals surface area contributed by atoms with Crippen molar-refractivity contribution in [1.82, 2.24) is 9.80 Å². The molecular weight excluding hydrogens is 250 g/mol. The molecule has 1 aromatic heterocycles. The number of rotatable bonds is 3. The summed E-state index contributed by atoms with van der Waals surface area (Å²) in [7, 11) is 0. The van der Waals surface area contributed by atoms with E-state index in [4.69, 9.17) is 0 Å². The third-order valence-corrected chi connectivity index (χ3v) is 3.02. The average Bonchev–Trinajstić information content (AvgIpc) is 2.78. The van der Waals surface area contributed by atoms with E-state index < -0.39 is 0 Å². The molecular formula is C12H11N3O2S. The van der Waals surface area contributed by atoms with Gasteiger partial charge in [-0.3, -0.25) is 4.79 Å². The Labute approximate surface area is 108 Å². The standard InChI is InChI=1S/C12H11N3O2S/c1-8-10(7-18-15-8)12(17)14-13-6-9-4-2-3-5-11(9)16/h2-7,16H,1H3,(H,14,17)/b13-6+. The van der Waals surface area contributed by atoms with Crippen molar-refractivity contribution in [2.24, 2.45) is 5.10 Å². The summed E-state index contributed by atoms with van der Waals surface area (Å²) in [5, 5.41) is 15.0. The minimum absolute atomic E-state index is 0.115. The van der Waals surface area contributed by atoms with Crippen LogP contribution in [-0.4, -0.2) is 21.6 Å². The minimum atomic E-state index is -0.312. The molecule has 1 heterocycles. The fourth-order valence-corrected chi connectivity index (χ4v) is 2.02. The number of phenolic OH excluding ortho intramolecular Hbond substituents is 1. The van der Waals surface area contributed by atoms with E-state index in [-0.39, 0.29) is 11.7 Å². The zero-order valence-corrected chi connectivity index (χ0v) is 10.4.